The van der Waals surface area contributed by atoms with E-state index in [0.29, 0.717) is 12.8 Å². The highest BCUT2D eigenvalue weighted by Gasteiger charge is 2.24. The molecule has 6 nitrogen and oxygen atoms in total. The molecule has 2 unspecified atom stereocenters. The first-order valence-corrected chi connectivity index (χ1v) is 23.5. The molecule has 314 valence electrons. The highest BCUT2D eigenvalue weighted by molar-refractivity contribution is 7.85. The van der Waals surface area contributed by atoms with Gasteiger partial charge >= 0.3 is 0 Å². The van der Waals surface area contributed by atoms with Crippen LogP contribution in [0.1, 0.15) is 181 Å². The molecule has 2 atom stereocenters. The van der Waals surface area contributed by atoms with E-state index in [2.05, 4.69) is 104 Å². The van der Waals surface area contributed by atoms with Crippen molar-refractivity contribution >= 4 is 16.0 Å². The third-order valence-corrected chi connectivity index (χ3v) is 10.0. The van der Waals surface area contributed by atoms with Gasteiger partial charge in [0.05, 0.1) is 17.9 Å². The maximum Gasteiger partial charge on any atom is 0.267 e. The Labute approximate surface area is 339 Å². The molecule has 0 aromatic heterocycles. The Hall–Kier alpha value is -2.74. The van der Waals surface area contributed by atoms with Gasteiger partial charge in [-0.2, -0.15) is 8.42 Å². The van der Waals surface area contributed by atoms with Crippen LogP contribution in [0.3, 0.4) is 0 Å². The number of nitrogens with one attached hydrogen (secondary N) is 1. The number of amides is 1. The highest BCUT2D eigenvalue weighted by Crippen LogP contribution is 2.13. The maximum atomic E-state index is 12.5. The number of carbonyl (C=O) groups excluding carboxylic acids is 1. The molecule has 55 heavy (non-hydrogen) atoms. The molecule has 0 bridgehead atoms. The van der Waals surface area contributed by atoms with E-state index in [4.69, 9.17) is 0 Å². The molecular weight excluding hydrogens is 703 g/mol. The summed E-state index contributed by atoms with van der Waals surface area (Å²) < 4.78 is 32.5. The average molecular weight is 784 g/mol. The molecule has 0 aliphatic rings. The van der Waals surface area contributed by atoms with Crippen molar-refractivity contribution in [2.24, 2.45) is 0 Å². The molecule has 3 N–H and O–H groups in total. The lowest BCUT2D eigenvalue weighted by Crippen LogP contribution is -2.46. The minimum atomic E-state index is -4.38. The summed E-state index contributed by atoms with van der Waals surface area (Å²) in [6, 6.07) is -1.10. The lowest BCUT2D eigenvalue weighted by Gasteiger charge is -2.21. The Morgan fingerprint density at radius 1 is 0.509 bits per heavy atom. The minimum absolute atomic E-state index is 0.227. The third-order valence-electron chi connectivity index (χ3n) is 9.24. The Balaban J connectivity index is 4.06. The first-order chi connectivity index (χ1) is 26.8. The van der Waals surface area contributed by atoms with Gasteiger partial charge in [0, 0.05) is 6.42 Å². The fraction of sp³-hybridized carbons (Fsp3) is 0.646. The summed E-state index contributed by atoms with van der Waals surface area (Å²) >= 11 is 0. The number of hydrogen-bond donors (Lipinski definition) is 3. The van der Waals surface area contributed by atoms with Gasteiger partial charge in [0.15, 0.2) is 0 Å². The summed E-state index contributed by atoms with van der Waals surface area (Å²) in [5.74, 6) is -1.07. The Bertz CT molecular complexity index is 1220. The van der Waals surface area contributed by atoms with E-state index in [9.17, 15) is 22.9 Å². The molecule has 0 saturated carbocycles. The van der Waals surface area contributed by atoms with Gasteiger partial charge in [-0.1, -0.05) is 188 Å². The van der Waals surface area contributed by atoms with Crippen molar-refractivity contribution in [3.8, 4) is 0 Å². The third kappa shape index (κ3) is 42.2. The van der Waals surface area contributed by atoms with Gasteiger partial charge in [-0.25, -0.2) is 0 Å². The van der Waals surface area contributed by atoms with Crippen LogP contribution in [0.2, 0.25) is 0 Å². The number of allylic oxidation sites excluding steroid dienone is 15. The van der Waals surface area contributed by atoms with E-state index >= 15 is 0 Å². The van der Waals surface area contributed by atoms with E-state index in [-0.39, 0.29) is 12.3 Å². The van der Waals surface area contributed by atoms with E-state index in [0.717, 1.165) is 64.2 Å². The normalized spacial score (nSPS) is 14.2. The van der Waals surface area contributed by atoms with Crippen LogP contribution in [-0.2, 0) is 14.9 Å². The largest absolute Gasteiger partial charge is 0.387 e. The smallest absolute Gasteiger partial charge is 0.267 e. The zero-order valence-electron chi connectivity index (χ0n) is 35.0. The summed E-state index contributed by atoms with van der Waals surface area (Å²) in [5, 5.41) is 13.2. The fourth-order valence-electron chi connectivity index (χ4n) is 6.00. The topological polar surface area (TPSA) is 104 Å². The van der Waals surface area contributed by atoms with Gasteiger partial charge in [-0.05, 0) is 83.5 Å². The van der Waals surface area contributed by atoms with Crippen LogP contribution in [0.25, 0.3) is 0 Å². The lowest BCUT2D eigenvalue weighted by molar-refractivity contribution is -0.122. The van der Waals surface area contributed by atoms with Crippen molar-refractivity contribution in [1.29, 1.82) is 0 Å². The second-order valence-corrected chi connectivity index (χ2v) is 16.1. The zero-order valence-corrected chi connectivity index (χ0v) is 35.8. The Morgan fingerprint density at radius 3 is 1.36 bits per heavy atom. The van der Waals surface area contributed by atoms with Crippen LogP contribution >= 0.6 is 0 Å². The molecule has 0 saturated heterocycles. The fourth-order valence-corrected chi connectivity index (χ4v) is 6.73. The van der Waals surface area contributed by atoms with Gasteiger partial charge in [0.2, 0.25) is 5.91 Å². The minimum Gasteiger partial charge on any atom is -0.387 e. The molecule has 0 spiro atoms. The molecular formula is C48H81NO5S. The first kappa shape index (κ1) is 52.3. The molecule has 0 rings (SSSR count). The summed E-state index contributed by atoms with van der Waals surface area (Å²) in [5.41, 5.74) is 0. The molecule has 0 aromatic carbocycles. The van der Waals surface area contributed by atoms with Crippen LogP contribution in [0.4, 0.5) is 0 Å². The lowest BCUT2D eigenvalue weighted by atomic mass is 10.0. The van der Waals surface area contributed by atoms with E-state index in [1.807, 2.05) is 0 Å². The number of carbonyl (C=O) groups is 1. The number of rotatable bonds is 38. The number of aliphatic hydroxyl groups is 1. The van der Waals surface area contributed by atoms with Crippen molar-refractivity contribution in [2.45, 2.75) is 193 Å². The quantitative estimate of drug-likeness (QED) is 0.0329. The van der Waals surface area contributed by atoms with Crippen LogP contribution in [0.5, 0.6) is 0 Å². The van der Waals surface area contributed by atoms with Crippen LogP contribution in [0, 0.1) is 0 Å². The summed E-state index contributed by atoms with van der Waals surface area (Å²) in [6.45, 7) is 4.41. The van der Waals surface area contributed by atoms with E-state index in [1.54, 1.807) is 6.08 Å². The number of hydrogen-bond acceptors (Lipinski definition) is 4. The Morgan fingerprint density at radius 2 is 0.891 bits per heavy atom. The molecule has 0 fully saturated rings. The van der Waals surface area contributed by atoms with Crippen LogP contribution in [0.15, 0.2) is 97.2 Å². The van der Waals surface area contributed by atoms with Gasteiger partial charge in [-0.15, -0.1) is 0 Å². The van der Waals surface area contributed by atoms with Gasteiger partial charge in [0.1, 0.15) is 0 Å². The van der Waals surface area contributed by atoms with Crippen molar-refractivity contribution < 1.29 is 22.9 Å². The SMILES string of the molecule is CC/C=C\C/C=C\C/C=C\C/C=C\C/C=C\C/C=C\CCCCC(=O)NC(CS(=O)(=O)O)C(O)/C=C/CC/C=C/CCCCCCCCCCCCCCC. The number of aliphatic hydroxyl groups excluding tert-OH is 1. The molecule has 0 radical (unpaired) electrons. The standard InChI is InChI=1S/C48H81NO5S/c1-3-5-7-9-11-13-15-17-19-21-23-24-26-28-30-32-34-36-38-40-42-44-48(51)49-46(45-55(52,53)54)47(50)43-41-39-37-35-33-31-29-27-25-22-20-18-16-14-12-10-8-6-4-2/h5,7,11,13,17,19,23-24,28,30,33-36,41,43,46-47,50H,3-4,6,8-10,12,14-16,18,20-22,25-27,29,31-32,37-40,42,44-45H2,1-2H3,(H,49,51)(H,52,53,54)/b7-5-,13-11-,19-17-,24-23-,30-28-,35-33+,36-34-,43-41+. The summed E-state index contributed by atoms with van der Waals surface area (Å²) in [4.78, 5) is 12.5. The van der Waals surface area contributed by atoms with Gasteiger partial charge < -0.3 is 10.4 Å². The molecule has 0 heterocycles. The Kier molecular flexibility index (Phi) is 38.9. The van der Waals surface area contributed by atoms with E-state index < -0.39 is 28.0 Å². The van der Waals surface area contributed by atoms with Crippen LogP contribution < -0.4 is 5.32 Å². The average Bonchev–Trinajstić information content (AvgIpc) is 3.15. The van der Waals surface area contributed by atoms with Crippen LogP contribution in [-0.4, -0.2) is 41.9 Å². The molecule has 1 amide bonds. The van der Waals surface area contributed by atoms with Crippen molar-refractivity contribution in [3.05, 3.63) is 97.2 Å². The maximum absolute atomic E-state index is 12.5. The first-order valence-electron chi connectivity index (χ1n) is 21.9. The molecule has 7 heteroatoms. The second kappa shape index (κ2) is 40.9. The second-order valence-electron chi connectivity index (χ2n) is 14.6. The van der Waals surface area contributed by atoms with E-state index in [1.165, 1.54) is 89.5 Å². The summed E-state index contributed by atoms with van der Waals surface area (Å²) in [6.07, 6.45) is 61.1. The predicted molar refractivity (Wildman–Crippen MR) is 239 cm³/mol. The predicted octanol–water partition coefficient (Wildman–Crippen LogP) is 13.4. The molecule has 0 aromatic rings. The van der Waals surface area contributed by atoms with Gasteiger partial charge in [0.25, 0.3) is 10.1 Å². The van der Waals surface area contributed by atoms with Gasteiger partial charge in [-0.3, -0.25) is 9.35 Å². The number of unbranched alkanes of at least 4 members (excludes halogenated alkanes) is 16. The zero-order chi connectivity index (χ0) is 40.3. The van der Waals surface area contributed by atoms with Crippen molar-refractivity contribution in [1.82, 2.24) is 5.32 Å². The molecule has 0 aliphatic carbocycles. The van der Waals surface area contributed by atoms with Crippen molar-refractivity contribution in [2.75, 3.05) is 5.75 Å². The highest BCUT2D eigenvalue weighted by atomic mass is 32.2. The van der Waals surface area contributed by atoms with Crippen molar-refractivity contribution in [3.63, 3.8) is 0 Å². The monoisotopic (exact) mass is 784 g/mol. The summed E-state index contributed by atoms with van der Waals surface area (Å²) in [7, 11) is -4.38. The molecule has 0 aliphatic heterocycles.